The quantitative estimate of drug-likeness (QED) is 0.362. The molecule has 2 amide bonds. The molecule has 1 fully saturated rings. The second kappa shape index (κ2) is 9.66. The van der Waals surface area contributed by atoms with Crippen LogP contribution in [0, 0.1) is 0 Å². The largest absolute Gasteiger partial charge is 0.478 e. The lowest BCUT2D eigenvalue weighted by atomic mass is 9.92. The summed E-state index contributed by atoms with van der Waals surface area (Å²) >= 11 is 0. The number of azo groups is 1. The zero-order valence-corrected chi connectivity index (χ0v) is 18.7. The van der Waals surface area contributed by atoms with Crippen molar-refractivity contribution in [2.45, 2.75) is 31.7 Å². The lowest BCUT2D eigenvalue weighted by molar-refractivity contribution is -0.129. The normalized spacial score (nSPS) is 15.3. The molecule has 0 radical (unpaired) electrons. The van der Waals surface area contributed by atoms with E-state index in [1.165, 1.54) is 22.2 Å². The standard InChI is InChI=1S/C26H24N4O4/c1-2-3-17-26(28-27-20-12-10-11-19(18-20)23(31)32)24(33)29(21-13-6-4-7-14-21)30(25(26)34)22-15-8-5-9-16-22/h4-16,18H,2-3,17H2,1H3,(H,31,32). The van der Waals surface area contributed by atoms with Crippen LogP contribution in [0.4, 0.5) is 17.1 Å². The minimum absolute atomic E-state index is 0.0416. The molecule has 0 aliphatic carbocycles. The van der Waals surface area contributed by atoms with Crippen LogP contribution in [0.25, 0.3) is 0 Å². The molecule has 4 rings (SSSR count). The van der Waals surface area contributed by atoms with Gasteiger partial charge in [0.2, 0.25) is 5.54 Å². The number of rotatable bonds is 8. The molecule has 0 bridgehead atoms. The van der Waals surface area contributed by atoms with Crippen molar-refractivity contribution in [1.82, 2.24) is 0 Å². The fourth-order valence-electron chi connectivity index (χ4n) is 3.85. The molecule has 172 valence electrons. The van der Waals surface area contributed by atoms with Gasteiger partial charge < -0.3 is 5.11 Å². The molecule has 1 aliphatic rings. The number of carboxylic acids is 1. The van der Waals surface area contributed by atoms with Gasteiger partial charge in [-0.2, -0.15) is 10.2 Å². The number of aromatic carboxylic acids is 1. The SMILES string of the molecule is CCCCC1(N=Nc2cccc(C(=O)O)c2)C(=O)N(c2ccccc2)N(c2ccccc2)C1=O. The van der Waals surface area contributed by atoms with Crippen molar-refractivity contribution < 1.29 is 19.5 Å². The smallest absolute Gasteiger partial charge is 0.335 e. The number of para-hydroxylation sites is 2. The third-order valence-corrected chi connectivity index (χ3v) is 5.62. The summed E-state index contributed by atoms with van der Waals surface area (Å²) in [4.78, 5) is 39.2. The van der Waals surface area contributed by atoms with Crippen LogP contribution in [0.1, 0.15) is 36.5 Å². The molecule has 1 aliphatic heterocycles. The highest BCUT2D eigenvalue weighted by atomic mass is 16.4. The van der Waals surface area contributed by atoms with E-state index in [1.54, 1.807) is 60.7 Å². The minimum Gasteiger partial charge on any atom is -0.478 e. The van der Waals surface area contributed by atoms with Crippen LogP contribution in [0.5, 0.6) is 0 Å². The first-order chi connectivity index (χ1) is 16.5. The Labute approximate surface area is 197 Å². The van der Waals surface area contributed by atoms with Gasteiger partial charge in [0, 0.05) is 0 Å². The summed E-state index contributed by atoms with van der Waals surface area (Å²) in [6.07, 6.45) is 1.51. The van der Waals surface area contributed by atoms with Gasteiger partial charge in [0.15, 0.2) is 0 Å². The predicted octanol–water partition coefficient (Wildman–Crippen LogP) is 5.39. The molecule has 0 unspecified atom stereocenters. The fourth-order valence-corrected chi connectivity index (χ4v) is 3.85. The molecule has 0 saturated carbocycles. The maximum Gasteiger partial charge on any atom is 0.335 e. The molecule has 0 aromatic heterocycles. The number of unbranched alkanes of at least 4 members (excludes halogenated alkanes) is 1. The van der Waals surface area contributed by atoms with E-state index in [-0.39, 0.29) is 17.7 Å². The van der Waals surface area contributed by atoms with Crippen LogP contribution in [-0.2, 0) is 9.59 Å². The molecule has 8 nitrogen and oxygen atoms in total. The number of carboxylic acid groups (broad SMARTS) is 1. The van der Waals surface area contributed by atoms with Gasteiger partial charge in [-0.3, -0.25) is 9.59 Å². The van der Waals surface area contributed by atoms with Crippen molar-refractivity contribution >= 4 is 34.8 Å². The molecule has 1 N–H and O–H groups in total. The van der Waals surface area contributed by atoms with Gasteiger partial charge >= 0.3 is 5.97 Å². The van der Waals surface area contributed by atoms with Gasteiger partial charge in [-0.25, -0.2) is 14.8 Å². The van der Waals surface area contributed by atoms with Crippen molar-refractivity contribution in [3.63, 3.8) is 0 Å². The third-order valence-electron chi connectivity index (χ3n) is 5.62. The fraction of sp³-hybridized carbons (Fsp3) is 0.192. The molecule has 1 heterocycles. The number of hydrazine groups is 1. The van der Waals surface area contributed by atoms with Crippen molar-refractivity contribution in [3.8, 4) is 0 Å². The van der Waals surface area contributed by atoms with Crippen molar-refractivity contribution in [2.75, 3.05) is 10.0 Å². The van der Waals surface area contributed by atoms with Crippen LogP contribution in [-0.4, -0.2) is 28.4 Å². The first kappa shape index (κ1) is 22.8. The molecule has 3 aromatic rings. The number of nitrogens with zero attached hydrogens (tertiary/aromatic N) is 4. The van der Waals surface area contributed by atoms with Gasteiger partial charge in [-0.15, -0.1) is 0 Å². The first-order valence-electron chi connectivity index (χ1n) is 11.0. The Morgan fingerprint density at radius 2 is 1.41 bits per heavy atom. The van der Waals surface area contributed by atoms with Crippen LogP contribution in [0.3, 0.4) is 0 Å². The Bertz CT molecular complexity index is 1170. The van der Waals surface area contributed by atoms with E-state index in [9.17, 15) is 19.5 Å². The molecular weight excluding hydrogens is 432 g/mol. The topological polar surface area (TPSA) is 103 Å². The summed E-state index contributed by atoms with van der Waals surface area (Å²) in [5.41, 5.74) is -0.404. The highest BCUT2D eigenvalue weighted by Gasteiger charge is 2.60. The van der Waals surface area contributed by atoms with Crippen LogP contribution in [0.2, 0.25) is 0 Å². The van der Waals surface area contributed by atoms with Crippen LogP contribution < -0.4 is 10.0 Å². The number of carbonyl (C=O) groups excluding carboxylic acids is 2. The molecule has 0 atom stereocenters. The second-order valence-corrected chi connectivity index (χ2v) is 7.92. The number of benzene rings is 3. The summed E-state index contributed by atoms with van der Waals surface area (Å²) in [5, 5.41) is 20.5. The lowest BCUT2D eigenvalue weighted by Crippen LogP contribution is -2.42. The predicted molar refractivity (Wildman–Crippen MR) is 128 cm³/mol. The molecule has 0 spiro atoms. The Kier molecular flexibility index (Phi) is 6.49. The number of hydrogen-bond donors (Lipinski definition) is 1. The third kappa shape index (κ3) is 4.17. The number of hydrogen-bond acceptors (Lipinski definition) is 5. The van der Waals surface area contributed by atoms with E-state index >= 15 is 0 Å². The monoisotopic (exact) mass is 456 g/mol. The number of amides is 2. The number of anilines is 2. The van der Waals surface area contributed by atoms with E-state index in [0.717, 1.165) is 6.42 Å². The number of carbonyl (C=O) groups is 3. The highest BCUT2D eigenvalue weighted by Crippen LogP contribution is 2.39. The summed E-state index contributed by atoms with van der Waals surface area (Å²) in [6, 6.07) is 23.8. The van der Waals surface area contributed by atoms with E-state index < -0.39 is 23.3 Å². The molecule has 8 heteroatoms. The Morgan fingerprint density at radius 3 is 1.91 bits per heavy atom. The van der Waals surface area contributed by atoms with Crippen molar-refractivity contribution in [2.24, 2.45) is 10.2 Å². The highest BCUT2D eigenvalue weighted by molar-refractivity contribution is 6.29. The van der Waals surface area contributed by atoms with Crippen LogP contribution >= 0.6 is 0 Å². The van der Waals surface area contributed by atoms with Gasteiger partial charge in [-0.1, -0.05) is 62.2 Å². The van der Waals surface area contributed by atoms with E-state index in [0.29, 0.717) is 17.8 Å². The van der Waals surface area contributed by atoms with Crippen LogP contribution in [0.15, 0.2) is 95.2 Å². The maximum absolute atomic E-state index is 13.9. The minimum atomic E-state index is -1.76. The van der Waals surface area contributed by atoms with Crippen molar-refractivity contribution in [3.05, 3.63) is 90.5 Å². The molecule has 1 saturated heterocycles. The summed E-state index contributed by atoms with van der Waals surface area (Å²) in [7, 11) is 0. The molecule has 34 heavy (non-hydrogen) atoms. The second-order valence-electron chi connectivity index (χ2n) is 7.92. The Morgan fingerprint density at radius 1 is 0.853 bits per heavy atom. The Hall–Kier alpha value is -4.33. The molecular formula is C26H24N4O4. The zero-order valence-electron chi connectivity index (χ0n) is 18.7. The summed E-state index contributed by atoms with van der Waals surface area (Å²) in [6.45, 7) is 1.97. The van der Waals surface area contributed by atoms with Gasteiger partial charge in [0.05, 0.1) is 22.6 Å². The zero-order chi connectivity index (χ0) is 24.1. The average molecular weight is 457 g/mol. The summed E-state index contributed by atoms with van der Waals surface area (Å²) < 4.78 is 0. The first-order valence-corrected chi connectivity index (χ1v) is 11.0. The molecule has 3 aromatic carbocycles. The maximum atomic E-state index is 13.9. The average Bonchev–Trinajstić information content (AvgIpc) is 3.09. The lowest BCUT2D eigenvalue weighted by Gasteiger charge is -2.27. The van der Waals surface area contributed by atoms with Gasteiger partial charge in [0.1, 0.15) is 0 Å². The van der Waals surface area contributed by atoms with E-state index in [4.69, 9.17) is 0 Å². The van der Waals surface area contributed by atoms with Crippen molar-refractivity contribution in [1.29, 1.82) is 0 Å². The van der Waals surface area contributed by atoms with Gasteiger partial charge in [0.25, 0.3) is 11.8 Å². The Balaban J connectivity index is 1.84. The summed E-state index contributed by atoms with van der Waals surface area (Å²) in [5.74, 6) is -2.10. The van der Waals surface area contributed by atoms with Gasteiger partial charge in [-0.05, 0) is 48.9 Å². The van der Waals surface area contributed by atoms with E-state index in [2.05, 4.69) is 10.2 Å². The van der Waals surface area contributed by atoms with E-state index in [1.807, 2.05) is 19.1 Å².